The molecule has 2 unspecified atom stereocenters. The van der Waals surface area contributed by atoms with Gasteiger partial charge in [-0.05, 0) is 51.8 Å². The Balaban J connectivity index is 1.55. The Kier molecular flexibility index (Phi) is 10.9. The molecule has 0 radical (unpaired) electrons. The first-order valence-corrected chi connectivity index (χ1v) is 15.1. The number of halogens is 1. The van der Waals surface area contributed by atoms with Gasteiger partial charge in [0, 0.05) is 12.1 Å². The largest absolute Gasteiger partial charge is 0.391 e. The lowest BCUT2D eigenvalue weighted by molar-refractivity contribution is -0.138. The van der Waals surface area contributed by atoms with Gasteiger partial charge in [0.2, 0.25) is 11.8 Å². The van der Waals surface area contributed by atoms with Crippen molar-refractivity contribution >= 4 is 46.1 Å². The maximum Gasteiger partial charge on any atom is 0.272 e. The second kappa shape index (κ2) is 14.4. The van der Waals surface area contributed by atoms with Crippen LogP contribution < -0.4 is 21.3 Å². The Labute approximate surface area is 266 Å². The fourth-order valence-corrected chi connectivity index (χ4v) is 5.57. The van der Waals surface area contributed by atoms with Crippen molar-refractivity contribution in [2.24, 2.45) is 5.92 Å². The van der Waals surface area contributed by atoms with Crippen LogP contribution in [0.25, 0.3) is 11.0 Å². The van der Waals surface area contributed by atoms with Crippen molar-refractivity contribution in [3.8, 4) is 0 Å². The highest BCUT2D eigenvalue weighted by atomic mass is 35.5. The molecule has 0 bridgehead atoms. The first-order chi connectivity index (χ1) is 21.2. The van der Waals surface area contributed by atoms with Crippen LogP contribution in [-0.4, -0.2) is 91.5 Å². The highest BCUT2D eigenvalue weighted by Gasteiger charge is 2.47. The van der Waals surface area contributed by atoms with Gasteiger partial charge in [0.25, 0.3) is 5.91 Å². The number of aliphatic hydroxyl groups is 2. The van der Waals surface area contributed by atoms with Gasteiger partial charge >= 0.3 is 0 Å². The average Bonchev–Trinajstić information content (AvgIpc) is 3.39. The predicted molar refractivity (Wildman–Crippen MR) is 168 cm³/mol. The average molecular weight is 639 g/mol. The van der Waals surface area contributed by atoms with Gasteiger partial charge in [-0.15, -0.1) is 11.6 Å². The zero-order valence-electron chi connectivity index (χ0n) is 25.5. The minimum atomic E-state index is -1.78. The smallest absolute Gasteiger partial charge is 0.272 e. The summed E-state index contributed by atoms with van der Waals surface area (Å²) in [4.78, 5) is 61.9. The van der Waals surface area contributed by atoms with Crippen molar-refractivity contribution in [3.05, 3.63) is 72.1 Å². The number of nitrogens with one attached hydrogen (secondary N) is 4. The molecule has 1 fully saturated rings. The van der Waals surface area contributed by atoms with E-state index in [0.29, 0.717) is 16.6 Å². The SMILES string of the molecule is C[C@@H](O)[C@H](NC(=O)c1cnc2ccccc2n1)C(=O)NC(Cc1ccccc1)C(O)C(=O)[C@H]1[C@H](Cl)CN[C@@H]1C(=O)NC(C)(C)C. The van der Waals surface area contributed by atoms with Gasteiger partial charge in [-0.2, -0.15) is 0 Å². The quantitative estimate of drug-likeness (QED) is 0.166. The molecular formula is C32H39ClN6O6. The van der Waals surface area contributed by atoms with Gasteiger partial charge in [-0.1, -0.05) is 42.5 Å². The lowest BCUT2D eigenvalue weighted by Crippen LogP contribution is -2.59. The number of fused-ring (bicyclic) bond motifs is 1. The van der Waals surface area contributed by atoms with Gasteiger partial charge in [-0.3, -0.25) is 24.2 Å². The summed E-state index contributed by atoms with van der Waals surface area (Å²) in [6.45, 7) is 6.90. The molecule has 0 saturated carbocycles. The van der Waals surface area contributed by atoms with E-state index in [-0.39, 0.29) is 18.7 Å². The summed E-state index contributed by atoms with van der Waals surface area (Å²) < 4.78 is 0. The predicted octanol–water partition coefficient (Wildman–Crippen LogP) is 0.877. The molecule has 0 aliphatic carbocycles. The number of benzene rings is 2. The van der Waals surface area contributed by atoms with Crippen molar-refractivity contribution in [1.82, 2.24) is 31.2 Å². The van der Waals surface area contributed by atoms with E-state index >= 15 is 0 Å². The lowest BCUT2D eigenvalue weighted by Gasteiger charge is -2.31. The third-order valence-electron chi connectivity index (χ3n) is 7.42. The Bertz CT molecular complexity index is 1530. The first kappa shape index (κ1) is 33.9. The number of carbonyl (C=O) groups excluding carboxylic acids is 4. The molecule has 1 aromatic heterocycles. The standard InChI is InChI=1S/C32H39ClN6O6/c1-17(40)25(38-29(43)23-16-34-20-12-8-9-13-21(20)36-23)30(44)37-22(14-18-10-6-5-7-11-18)27(41)28(42)24-19(33)15-35-26(24)31(45)39-32(2,3)4/h5-13,16-17,19,22,24-27,35,40-41H,14-15H2,1-4H3,(H,37,44)(H,38,43)(H,39,45)/t17-,19-,22?,24+,25+,26+,27?/m1/s1. The number of hydrogen-bond donors (Lipinski definition) is 6. The molecule has 45 heavy (non-hydrogen) atoms. The third-order valence-corrected chi connectivity index (χ3v) is 7.85. The highest BCUT2D eigenvalue weighted by Crippen LogP contribution is 2.26. The van der Waals surface area contributed by atoms with E-state index in [0.717, 1.165) is 0 Å². The van der Waals surface area contributed by atoms with Crippen LogP contribution in [-0.2, 0) is 20.8 Å². The number of para-hydroxylation sites is 2. The van der Waals surface area contributed by atoms with E-state index in [1.165, 1.54) is 13.1 Å². The molecule has 2 heterocycles. The van der Waals surface area contributed by atoms with E-state index in [9.17, 15) is 29.4 Å². The fraction of sp³-hybridized carbons (Fsp3) is 0.438. The van der Waals surface area contributed by atoms with Crippen molar-refractivity contribution in [2.75, 3.05) is 6.54 Å². The summed E-state index contributed by atoms with van der Waals surface area (Å²) in [5.74, 6) is -3.83. The van der Waals surface area contributed by atoms with Gasteiger partial charge in [-0.25, -0.2) is 4.98 Å². The summed E-state index contributed by atoms with van der Waals surface area (Å²) in [5, 5.41) is 32.1. The molecule has 0 spiro atoms. The van der Waals surface area contributed by atoms with Gasteiger partial charge in [0.05, 0.1) is 46.7 Å². The monoisotopic (exact) mass is 638 g/mol. The molecule has 3 amide bonds. The van der Waals surface area contributed by atoms with Crippen molar-refractivity contribution in [1.29, 1.82) is 0 Å². The van der Waals surface area contributed by atoms with E-state index in [4.69, 9.17) is 11.6 Å². The summed E-state index contributed by atoms with van der Waals surface area (Å²) >= 11 is 6.49. The van der Waals surface area contributed by atoms with Crippen molar-refractivity contribution < 1.29 is 29.4 Å². The van der Waals surface area contributed by atoms with Crippen LogP contribution in [0.3, 0.4) is 0 Å². The zero-order chi connectivity index (χ0) is 32.9. The Morgan fingerprint density at radius 1 is 1.00 bits per heavy atom. The number of carbonyl (C=O) groups is 4. The van der Waals surface area contributed by atoms with E-state index in [2.05, 4.69) is 31.2 Å². The summed E-state index contributed by atoms with van der Waals surface area (Å²) in [6, 6.07) is 12.2. The number of rotatable bonds is 11. The summed E-state index contributed by atoms with van der Waals surface area (Å²) in [5.41, 5.74) is 1.12. The molecule has 1 aliphatic heterocycles. The number of nitrogens with zero attached hydrogens (tertiary/aromatic N) is 2. The van der Waals surface area contributed by atoms with Gasteiger partial charge in [0.1, 0.15) is 17.8 Å². The molecule has 4 rings (SSSR count). The van der Waals surface area contributed by atoms with Gasteiger partial charge < -0.3 is 31.5 Å². The van der Waals surface area contributed by atoms with E-state index < -0.39 is 70.7 Å². The number of amides is 3. The molecule has 13 heteroatoms. The van der Waals surface area contributed by atoms with Crippen molar-refractivity contribution in [2.45, 2.75) is 75.4 Å². The minimum absolute atomic E-state index is 0.0298. The maximum atomic E-state index is 13.8. The number of aromatic nitrogens is 2. The van der Waals surface area contributed by atoms with Gasteiger partial charge in [0.15, 0.2) is 5.78 Å². The minimum Gasteiger partial charge on any atom is -0.391 e. The number of hydrogen-bond acceptors (Lipinski definition) is 9. The van der Waals surface area contributed by atoms with Crippen molar-refractivity contribution in [3.63, 3.8) is 0 Å². The maximum absolute atomic E-state index is 13.8. The topological polar surface area (TPSA) is 183 Å². The second-order valence-electron chi connectivity index (χ2n) is 12.3. The molecule has 12 nitrogen and oxygen atoms in total. The highest BCUT2D eigenvalue weighted by molar-refractivity contribution is 6.23. The zero-order valence-corrected chi connectivity index (χ0v) is 26.3. The van der Waals surface area contributed by atoms with Crippen LogP contribution in [0.2, 0.25) is 0 Å². The Hall–Kier alpha value is -3.97. The molecular weight excluding hydrogens is 600 g/mol. The number of ketones is 1. The fourth-order valence-electron chi connectivity index (χ4n) is 5.21. The third kappa shape index (κ3) is 8.60. The lowest BCUT2D eigenvalue weighted by atomic mass is 9.86. The van der Waals surface area contributed by atoms with Crippen LogP contribution in [0.4, 0.5) is 0 Å². The number of Topliss-reactive ketones (excluding diaryl/α,β-unsaturated/α-hetero) is 1. The van der Waals surface area contributed by atoms with Crippen LogP contribution in [0.15, 0.2) is 60.8 Å². The normalized spacial score (nSPS) is 20.9. The molecule has 7 atom stereocenters. The van der Waals surface area contributed by atoms with Crippen LogP contribution in [0.1, 0.15) is 43.7 Å². The molecule has 1 saturated heterocycles. The van der Waals surface area contributed by atoms with E-state index in [1.54, 1.807) is 75.4 Å². The second-order valence-corrected chi connectivity index (χ2v) is 12.8. The van der Waals surface area contributed by atoms with E-state index in [1.807, 2.05) is 0 Å². The first-order valence-electron chi connectivity index (χ1n) is 14.7. The molecule has 6 N–H and O–H groups in total. The molecule has 1 aliphatic rings. The summed E-state index contributed by atoms with van der Waals surface area (Å²) in [6.07, 6.45) is -1.84. The molecule has 240 valence electrons. The molecule has 3 aromatic rings. The number of alkyl halides is 1. The van der Waals surface area contributed by atoms with Crippen LogP contribution >= 0.6 is 11.6 Å². The molecule has 2 aromatic carbocycles. The summed E-state index contributed by atoms with van der Waals surface area (Å²) in [7, 11) is 0. The Morgan fingerprint density at radius 3 is 2.29 bits per heavy atom. The van der Waals surface area contributed by atoms with Crippen LogP contribution in [0, 0.1) is 5.92 Å². The Morgan fingerprint density at radius 2 is 1.64 bits per heavy atom. The van der Waals surface area contributed by atoms with Crippen LogP contribution in [0.5, 0.6) is 0 Å². The number of aliphatic hydroxyl groups excluding tert-OH is 2.